The highest BCUT2D eigenvalue weighted by Crippen LogP contribution is 2.29. The first-order valence-electron chi connectivity index (χ1n) is 5.14. The van der Waals surface area contributed by atoms with Crippen molar-refractivity contribution in [2.24, 2.45) is 5.84 Å². The number of nitrogens with two attached hydrogens (primary N) is 1. The molecule has 0 aliphatic heterocycles. The van der Waals surface area contributed by atoms with Crippen LogP contribution in [-0.4, -0.2) is 4.98 Å². The summed E-state index contributed by atoms with van der Waals surface area (Å²) in [6.07, 6.45) is 2.69. The molecule has 0 aliphatic carbocycles. The van der Waals surface area contributed by atoms with Gasteiger partial charge < -0.3 is 0 Å². The highest BCUT2D eigenvalue weighted by Gasteiger charge is 2.19. The van der Waals surface area contributed by atoms with E-state index >= 15 is 0 Å². The van der Waals surface area contributed by atoms with Crippen LogP contribution in [-0.2, 0) is 0 Å². The summed E-state index contributed by atoms with van der Waals surface area (Å²) in [5.41, 5.74) is 3.88. The van der Waals surface area contributed by atoms with Crippen molar-refractivity contribution in [2.45, 2.75) is 6.04 Å². The van der Waals surface area contributed by atoms with Crippen molar-refractivity contribution in [3.63, 3.8) is 0 Å². The monoisotopic (exact) mass is 377 g/mol. The quantitative estimate of drug-likeness (QED) is 0.491. The number of nitrogens with zero attached hydrogens (tertiary/aromatic N) is 1. The van der Waals surface area contributed by atoms with Gasteiger partial charge in [0.1, 0.15) is 5.82 Å². The summed E-state index contributed by atoms with van der Waals surface area (Å²) in [6, 6.07) is 6.55. The third-order valence-electron chi connectivity index (χ3n) is 2.55. The van der Waals surface area contributed by atoms with E-state index in [-0.39, 0.29) is 0 Å². The smallest absolute Gasteiger partial charge is 0.146 e. The number of aromatic nitrogens is 1. The molecule has 6 heteroatoms. The van der Waals surface area contributed by atoms with Crippen molar-refractivity contribution in [1.82, 2.24) is 10.4 Å². The molecule has 18 heavy (non-hydrogen) atoms. The number of halogens is 3. The maximum atomic E-state index is 13.8. The Morgan fingerprint density at radius 3 is 2.78 bits per heavy atom. The van der Waals surface area contributed by atoms with Gasteiger partial charge in [-0.15, -0.1) is 0 Å². The van der Waals surface area contributed by atoms with E-state index in [9.17, 15) is 4.39 Å². The van der Waals surface area contributed by atoms with Gasteiger partial charge in [0.15, 0.2) is 0 Å². The Morgan fingerprint density at radius 1 is 1.33 bits per heavy atom. The van der Waals surface area contributed by atoms with E-state index in [1.807, 2.05) is 6.07 Å². The van der Waals surface area contributed by atoms with Crippen LogP contribution in [0, 0.1) is 9.39 Å². The minimum atomic E-state index is -0.460. The number of nitrogens with one attached hydrogen (secondary N) is 1. The summed E-state index contributed by atoms with van der Waals surface area (Å²) in [4.78, 5) is 3.72. The zero-order valence-corrected chi connectivity index (χ0v) is 12.1. The van der Waals surface area contributed by atoms with Gasteiger partial charge in [-0.1, -0.05) is 11.6 Å². The van der Waals surface area contributed by atoms with Crippen LogP contribution in [0.5, 0.6) is 0 Å². The maximum Gasteiger partial charge on any atom is 0.146 e. The van der Waals surface area contributed by atoms with Gasteiger partial charge in [-0.3, -0.25) is 10.8 Å². The molecule has 0 aliphatic rings. The van der Waals surface area contributed by atoms with E-state index < -0.39 is 11.9 Å². The average molecular weight is 378 g/mol. The molecule has 0 amide bonds. The first kappa shape index (κ1) is 13.7. The summed E-state index contributed by atoms with van der Waals surface area (Å²) in [6.45, 7) is 0. The second-order valence-corrected chi connectivity index (χ2v) is 5.26. The first-order valence-corrected chi connectivity index (χ1v) is 6.59. The predicted octanol–water partition coefficient (Wildman–Crippen LogP) is 3.03. The molecule has 0 fully saturated rings. The van der Waals surface area contributed by atoms with Crippen LogP contribution < -0.4 is 11.3 Å². The van der Waals surface area contributed by atoms with Gasteiger partial charge in [-0.2, -0.15) is 0 Å². The standard InChI is InChI=1S/C12H10ClFIN3/c13-7-1-2-11(15)9(5-7)12(18-16)8-3-4-17-6-10(8)14/h1-6,12,18H,16H2. The molecule has 3 nitrogen and oxygen atoms in total. The number of pyridine rings is 1. The van der Waals surface area contributed by atoms with Gasteiger partial charge in [0, 0.05) is 20.4 Å². The fourth-order valence-corrected chi connectivity index (χ4v) is 2.53. The summed E-state index contributed by atoms with van der Waals surface area (Å²) >= 11 is 8.13. The molecule has 2 aromatic rings. The van der Waals surface area contributed by atoms with Gasteiger partial charge in [0.2, 0.25) is 0 Å². The molecular weight excluding hydrogens is 368 g/mol. The van der Waals surface area contributed by atoms with Crippen LogP contribution >= 0.6 is 34.2 Å². The molecule has 0 saturated heterocycles. The molecule has 0 bridgehead atoms. The molecule has 1 atom stereocenters. The molecule has 2 rings (SSSR count). The molecule has 0 saturated carbocycles. The van der Waals surface area contributed by atoms with Gasteiger partial charge in [0.25, 0.3) is 0 Å². The number of hydrogen-bond acceptors (Lipinski definition) is 3. The number of hydrogen-bond donors (Lipinski definition) is 2. The predicted molar refractivity (Wildman–Crippen MR) is 77.5 cm³/mol. The van der Waals surface area contributed by atoms with Crippen LogP contribution in [0.3, 0.4) is 0 Å². The van der Waals surface area contributed by atoms with E-state index in [4.69, 9.17) is 17.4 Å². The second-order valence-electron chi connectivity index (χ2n) is 3.66. The Morgan fingerprint density at radius 2 is 2.11 bits per heavy atom. The first-order chi connectivity index (χ1) is 8.63. The average Bonchev–Trinajstić information content (AvgIpc) is 2.36. The molecule has 1 unspecified atom stereocenters. The van der Waals surface area contributed by atoms with Gasteiger partial charge in [-0.25, -0.2) is 9.82 Å². The lowest BCUT2D eigenvalue weighted by Gasteiger charge is -2.19. The second kappa shape index (κ2) is 5.92. The van der Waals surface area contributed by atoms with E-state index in [1.165, 1.54) is 6.20 Å². The number of rotatable bonds is 3. The van der Waals surface area contributed by atoms with E-state index in [0.717, 1.165) is 15.3 Å². The van der Waals surface area contributed by atoms with Crippen molar-refractivity contribution in [3.8, 4) is 0 Å². The molecule has 0 spiro atoms. The molecule has 1 heterocycles. The molecule has 1 aromatic heterocycles. The van der Waals surface area contributed by atoms with Gasteiger partial charge in [-0.05, 0) is 52.4 Å². The summed E-state index contributed by atoms with van der Waals surface area (Å²) in [5, 5.41) is 0.583. The van der Waals surface area contributed by atoms with Crippen molar-refractivity contribution >= 4 is 34.2 Å². The Balaban J connectivity index is 2.52. The molecule has 1 aromatic carbocycles. The lowest BCUT2D eigenvalue weighted by Crippen LogP contribution is -2.30. The number of benzene rings is 1. The maximum absolute atomic E-state index is 13.8. The van der Waals surface area contributed by atoms with Gasteiger partial charge >= 0.3 is 0 Å². The largest absolute Gasteiger partial charge is 0.271 e. The minimum Gasteiger partial charge on any atom is -0.271 e. The summed E-state index contributed by atoms with van der Waals surface area (Å²) < 4.78 is 14.7. The third-order valence-corrected chi connectivity index (χ3v) is 3.77. The van der Waals surface area contributed by atoms with Crippen molar-refractivity contribution in [2.75, 3.05) is 0 Å². The molecule has 0 radical (unpaired) electrons. The van der Waals surface area contributed by atoms with Gasteiger partial charge in [0.05, 0.1) is 12.2 Å². The normalized spacial score (nSPS) is 12.4. The number of hydrazine groups is 1. The van der Waals surface area contributed by atoms with E-state index in [0.29, 0.717) is 10.6 Å². The summed E-state index contributed by atoms with van der Waals surface area (Å²) in [7, 11) is 0. The fourth-order valence-electron chi connectivity index (χ4n) is 1.70. The molecule has 3 N–H and O–H groups in total. The summed E-state index contributed by atoms with van der Waals surface area (Å²) in [5.74, 6) is 5.13. The SMILES string of the molecule is NNC(c1ccncc1F)c1cc(Cl)ccc1I. The van der Waals surface area contributed by atoms with Crippen LogP contribution in [0.15, 0.2) is 36.7 Å². The Hall–Kier alpha value is -0.760. The van der Waals surface area contributed by atoms with Crippen LogP contribution in [0.4, 0.5) is 4.39 Å². The zero-order chi connectivity index (χ0) is 13.1. The minimum absolute atomic E-state index is 0.406. The highest BCUT2D eigenvalue weighted by molar-refractivity contribution is 14.1. The highest BCUT2D eigenvalue weighted by atomic mass is 127. The van der Waals surface area contributed by atoms with Crippen molar-refractivity contribution < 1.29 is 4.39 Å². The topological polar surface area (TPSA) is 50.9 Å². The van der Waals surface area contributed by atoms with Crippen LogP contribution in [0.1, 0.15) is 17.2 Å². The molecular formula is C12H10ClFIN3. The Bertz CT molecular complexity index is 565. The lowest BCUT2D eigenvalue weighted by molar-refractivity contribution is 0.554. The third kappa shape index (κ3) is 2.80. The molecule has 94 valence electrons. The van der Waals surface area contributed by atoms with Crippen LogP contribution in [0.25, 0.3) is 0 Å². The zero-order valence-electron chi connectivity index (χ0n) is 9.20. The van der Waals surface area contributed by atoms with E-state index in [2.05, 4.69) is 33.0 Å². The Labute approximate surface area is 123 Å². The fraction of sp³-hybridized carbons (Fsp3) is 0.0833. The Kier molecular flexibility index (Phi) is 4.50. The van der Waals surface area contributed by atoms with Crippen molar-refractivity contribution in [3.05, 3.63) is 62.2 Å². The van der Waals surface area contributed by atoms with Crippen molar-refractivity contribution in [1.29, 1.82) is 0 Å². The lowest BCUT2D eigenvalue weighted by atomic mass is 10.00. The van der Waals surface area contributed by atoms with Crippen LogP contribution in [0.2, 0.25) is 5.02 Å². The van der Waals surface area contributed by atoms with E-state index in [1.54, 1.807) is 18.2 Å².